The molecule has 2 aromatic carbocycles. The Balaban J connectivity index is 1.37. The normalized spacial score (nSPS) is 12.0. The highest BCUT2D eigenvalue weighted by atomic mass is 32.2. The van der Waals surface area contributed by atoms with Gasteiger partial charge in [0.1, 0.15) is 21.6 Å². The Morgan fingerprint density at radius 2 is 1.95 bits per heavy atom. The van der Waals surface area contributed by atoms with E-state index in [0.29, 0.717) is 34.2 Å². The molecule has 5 aromatic rings. The van der Waals surface area contributed by atoms with E-state index >= 15 is 0 Å². The Labute approximate surface area is 236 Å². The van der Waals surface area contributed by atoms with Gasteiger partial charge in [-0.1, -0.05) is 11.2 Å². The summed E-state index contributed by atoms with van der Waals surface area (Å²) in [5.41, 5.74) is 2.46. The molecule has 0 aliphatic heterocycles. The molecule has 2 N–H and O–H groups in total. The molecule has 3 aromatic heterocycles. The number of aromatic nitrogens is 4. The minimum absolute atomic E-state index is 0.00331. The number of sulfonamides is 1. The molecule has 0 spiro atoms. The highest BCUT2D eigenvalue weighted by Gasteiger charge is 2.24. The van der Waals surface area contributed by atoms with Gasteiger partial charge in [-0.05, 0) is 69.2 Å². The highest BCUT2D eigenvalue weighted by Crippen LogP contribution is 2.35. The quantitative estimate of drug-likeness (QED) is 0.265. The fraction of sp³-hybridized carbons (Fsp3) is 0.286. The van der Waals surface area contributed by atoms with Gasteiger partial charge in [0.25, 0.3) is 10.0 Å². The molecule has 0 saturated carbocycles. The molecule has 12 nitrogen and oxygen atoms in total. The molecule has 1 amide bonds. The lowest BCUT2D eigenvalue weighted by Gasteiger charge is -2.19. The number of alkyl carbamates (subject to hydrolysis) is 1. The molecule has 0 atom stereocenters. The van der Waals surface area contributed by atoms with Crippen LogP contribution in [0.4, 0.5) is 10.6 Å². The molecule has 0 fully saturated rings. The van der Waals surface area contributed by atoms with Gasteiger partial charge in [-0.25, -0.2) is 13.2 Å². The number of hydrogen-bond donors (Lipinski definition) is 2. The fourth-order valence-corrected chi connectivity index (χ4v) is 5.63. The molecule has 0 unspecified atom stereocenters. The van der Waals surface area contributed by atoms with Crippen molar-refractivity contribution < 1.29 is 27.2 Å². The third-order valence-corrected chi connectivity index (χ3v) is 7.37. The Bertz CT molecular complexity index is 1860. The average Bonchev–Trinajstić information content (AvgIpc) is 3.52. The zero-order chi connectivity index (χ0) is 29.4. The lowest BCUT2D eigenvalue weighted by atomic mass is 10.1. The molecular weight excluding hydrogens is 548 g/mol. The van der Waals surface area contributed by atoms with Crippen LogP contribution < -0.4 is 14.8 Å². The van der Waals surface area contributed by atoms with Crippen molar-refractivity contribution in [1.82, 2.24) is 25.2 Å². The fourth-order valence-electron chi connectivity index (χ4n) is 4.36. The second-order valence-corrected chi connectivity index (χ2v) is 12.2. The zero-order valence-electron chi connectivity index (χ0n) is 23.3. The van der Waals surface area contributed by atoms with E-state index in [1.807, 2.05) is 19.1 Å². The number of carbonyl (C=O) groups is 1. The summed E-state index contributed by atoms with van der Waals surface area (Å²) in [7, 11) is -2.59. The summed E-state index contributed by atoms with van der Waals surface area (Å²) in [6, 6.07) is 10.5. The smallest absolute Gasteiger partial charge is 0.407 e. The number of amides is 1. The zero-order valence-corrected chi connectivity index (χ0v) is 24.1. The Hall–Kier alpha value is -4.65. The first-order valence-electron chi connectivity index (χ1n) is 12.7. The van der Waals surface area contributed by atoms with Gasteiger partial charge < -0.3 is 19.3 Å². The summed E-state index contributed by atoms with van der Waals surface area (Å²) in [4.78, 5) is 16.2. The van der Waals surface area contributed by atoms with E-state index in [-0.39, 0.29) is 17.3 Å². The van der Waals surface area contributed by atoms with E-state index in [4.69, 9.17) is 14.0 Å². The number of rotatable bonds is 8. The third kappa shape index (κ3) is 6.24. The molecule has 0 aliphatic carbocycles. The van der Waals surface area contributed by atoms with Crippen LogP contribution in [0.3, 0.4) is 0 Å². The first-order valence-corrected chi connectivity index (χ1v) is 14.2. The maximum atomic E-state index is 13.5. The van der Waals surface area contributed by atoms with Crippen molar-refractivity contribution in [3.05, 3.63) is 71.7 Å². The molecule has 0 aliphatic rings. The number of pyridine rings is 1. The van der Waals surface area contributed by atoms with Crippen molar-refractivity contribution in [2.45, 2.75) is 51.3 Å². The molecule has 214 valence electrons. The lowest BCUT2D eigenvalue weighted by molar-refractivity contribution is 0.0523. The first-order chi connectivity index (χ1) is 19.4. The second-order valence-electron chi connectivity index (χ2n) is 10.5. The number of ether oxygens (including phenoxy) is 2. The third-order valence-electron chi connectivity index (χ3n) is 6.02. The van der Waals surface area contributed by atoms with Gasteiger partial charge in [0.15, 0.2) is 11.4 Å². The van der Waals surface area contributed by atoms with Gasteiger partial charge in [0, 0.05) is 29.9 Å². The number of carbonyl (C=O) groups excluding carboxylic acids is 1. The van der Waals surface area contributed by atoms with Gasteiger partial charge in [0.05, 0.1) is 25.4 Å². The van der Waals surface area contributed by atoms with Crippen LogP contribution in [0.2, 0.25) is 0 Å². The van der Waals surface area contributed by atoms with Crippen LogP contribution in [0, 0.1) is 6.92 Å². The topological polar surface area (TPSA) is 150 Å². The van der Waals surface area contributed by atoms with E-state index in [2.05, 4.69) is 25.3 Å². The van der Waals surface area contributed by atoms with E-state index in [9.17, 15) is 13.2 Å². The van der Waals surface area contributed by atoms with Gasteiger partial charge in [-0.2, -0.15) is 5.10 Å². The number of aryl methyl sites for hydroxylation is 1. The maximum absolute atomic E-state index is 13.5. The van der Waals surface area contributed by atoms with Crippen LogP contribution in [-0.4, -0.2) is 47.1 Å². The van der Waals surface area contributed by atoms with Crippen molar-refractivity contribution >= 4 is 43.8 Å². The van der Waals surface area contributed by atoms with Gasteiger partial charge >= 0.3 is 6.09 Å². The predicted molar refractivity (Wildman–Crippen MR) is 152 cm³/mol. The van der Waals surface area contributed by atoms with Gasteiger partial charge in [-0.3, -0.25) is 14.4 Å². The summed E-state index contributed by atoms with van der Waals surface area (Å²) in [6.45, 7) is 7.83. The van der Waals surface area contributed by atoms with Gasteiger partial charge in [0.2, 0.25) is 0 Å². The molecule has 3 heterocycles. The lowest BCUT2D eigenvalue weighted by Crippen LogP contribution is -2.32. The van der Waals surface area contributed by atoms with E-state index in [1.54, 1.807) is 68.3 Å². The molecule has 0 saturated heterocycles. The minimum Gasteiger partial charge on any atom is -0.496 e. The number of anilines is 1. The summed E-state index contributed by atoms with van der Waals surface area (Å²) >= 11 is 0. The van der Waals surface area contributed by atoms with Crippen molar-refractivity contribution in [2.75, 3.05) is 11.8 Å². The molecule has 0 bridgehead atoms. The highest BCUT2D eigenvalue weighted by molar-refractivity contribution is 7.93. The van der Waals surface area contributed by atoms with Crippen LogP contribution in [-0.2, 0) is 27.8 Å². The average molecular weight is 579 g/mol. The summed E-state index contributed by atoms with van der Waals surface area (Å²) < 4.78 is 47.5. The molecule has 41 heavy (non-hydrogen) atoms. The van der Waals surface area contributed by atoms with Crippen LogP contribution in [0.15, 0.2) is 64.4 Å². The monoisotopic (exact) mass is 578 g/mol. The van der Waals surface area contributed by atoms with Crippen LogP contribution in [0.1, 0.15) is 37.5 Å². The minimum atomic E-state index is -4.07. The Morgan fingerprint density at radius 3 is 2.71 bits per heavy atom. The molecular formula is C28H30N6O6S. The number of fused-ring (bicyclic) bond motifs is 2. The van der Waals surface area contributed by atoms with E-state index in [1.165, 1.54) is 7.11 Å². The number of methoxy groups -OCH3 is 1. The molecule has 13 heteroatoms. The standard InChI is InChI=1S/C28H30N6O6S/c1-17-9-20-7-6-8-29-25(20)23(10-17)41(36,37)33-26-24-21(38-5)11-18(12-22(24)40-32-26)15-34-16-19(14-31-34)13-30-27(35)39-28(2,3)4/h6-12,14,16H,13,15H2,1-5H3,(H,30,35)(H,32,33). The number of hydrogen-bond acceptors (Lipinski definition) is 9. The first kappa shape index (κ1) is 27.9. The maximum Gasteiger partial charge on any atom is 0.407 e. The van der Waals surface area contributed by atoms with Crippen molar-refractivity contribution in [3.63, 3.8) is 0 Å². The summed E-state index contributed by atoms with van der Waals surface area (Å²) in [5.74, 6) is 0.381. The summed E-state index contributed by atoms with van der Waals surface area (Å²) in [5, 5.41) is 12.1. The number of benzene rings is 2. The number of nitrogens with zero attached hydrogens (tertiary/aromatic N) is 4. The SMILES string of the molecule is COc1cc(Cn2cc(CNC(=O)OC(C)(C)C)cn2)cc2onc(NS(=O)(=O)c3cc(C)cc4cccnc34)c12. The summed E-state index contributed by atoms with van der Waals surface area (Å²) in [6.07, 6.45) is 4.49. The van der Waals surface area contributed by atoms with E-state index < -0.39 is 21.7 Å². The Morgan fingerprint density at radius 1 is 1.15 bits per heavy atom. The largest absolute Gasteiger partial charge is 0.496 e. The Kier molecular flexibility index (Phi) is 7.30. The van der Waals surface area contributed by atoms with E-state index in [0.717, 1.165) is 16.7 Å². The molecule has 5 rings (SSSR count). The van der Waals surface area contributed by atoms with Crippen LogP contribution >= 0.6 is 0 Å². The molecule has 0 radical (unpaired) electrons. The van der Waals surface area contributed by atoms with Crippen molar-refractivity contribution in [3.8, 4) is 5.75 Å². The van der Waals surface area contributed by atoms with Gasteiger partial charge in [-0.15, -0.1) is 0 Å². The van der Waals surface area contributed by atoms with Crippen LogP contribution in [0.5, 0.6) is 5.75 Å². The second kappa shape index (κ2) is 10.7. The van der Waals surface area contributed by atoms with Crippen molar-refractivity contribution in [2.24, 2.45) is 0 Å². The van der Waals surface area contributed by atoms with Crippen molar-refractivity contribution in [1.29, 1.82) is 0 Å². The predicted octanol–water partition coefficient (Wildman–Crippen LogP) is 4.76. The number of nitrogens with one attached hydrogen (secondary N) is 2. The van der Waals surface area contributed by atoms with Crippen LogP contribution in [0.25, 0.3) is 21.9 Å².